The van der Waals surface area contributed by atoms with Crippen LogP contribution in [-0.2, 0) is 4.79 Å². The van der Waals surface area contributed by atoms with E-state index in [0.29, 0.717) is 11.6 Å². The molecule has 24 heavy (non-hydrogen) atoms. The third kappa shape index (κ3) is 3.38. The van der Waals surface area contributed by atoms with Gasteiger partial charge in [-0.25, -0.2) is 0 Å². The van der Waals surface area contributed by atoms with Crippen molar-refractivity contribution in [1.82, 2.24) is 15.2 Å². The SMILES string of the molecule is O=C(CNc1ccccc1[N+](=O)[O-])Nc1n[nH]c(-c2ccco2)n1. The number of carbonyl (C=O) groups is 1. The Labute approximate surface area is 135 Å². The van der Waals surface area contributed by atoms with Crippen LogP contribution in [0.5, 0.6) is 0 Å². The Bertz CT molecular complexity index is 858. The van der Waals surface area contributed by atoms with E-state index in [9.17, 15) is 14.9 Å². The Morgan fingerprint density at radius 3 is 2.88 bits per heavy atom. The fourth-order valence-electron chi connectivity index (χ4n) is 1.97. The number of carbonyl (C=O) groups excluding carboxylic acids is 1. The molecule has 0 atom stereocenters. The monoisotopic (exact) mass is 328 g/mol. The molecule has 0 aliphatic carbocycles. The lowest BCUT2D eigenvalue weighted by Crippen LogP contribution is -2.22. The van der Waals surface area contributed by atoms with E-state index in [1.165, 1.54) is 18.4 Å². The summed E-state index contributed by atoms with van der Waals surface area (Å²) in [6.07, 6.45) is 1.49. The molecule has 0 spiro atoms. The summed E-state index contributed by atoms with van der Waals surface area (Å²) in [4.78, 5) is 26.3. The standard InChI is InChI=1S/C14H12N6O4/c21-12(8-15-9-4-1-2-5-10(9)20(22)23)16-14-17-13(18-19-14)11-6-3-7-24-11/h1-7,15H,8H2,(H2,16,17,18,19,21). The van der Waals surface area contributed by atoms with Crippen molar-refractivity contribution < 1.29 is 14.1 Å². The van der Waals surface area contributed by atoms with Gasteiger partial charge < -0.3 is 9.73 Å². The van der Waals surface area contributed by atoms with Crippen LogP contribution >= 0.6 is 0 Å². The molecule has 3 aromatic rings. The number of furan rings is 1. The predicted octanol–water partition coefficient (Wildman–Crippen LogP) is 2.02. The minimum atomic E-state index is -0.523. The zero-order valence-electron chi connectivity index (χ0n) is 12.2. The summed E-state index contributed by atoms with van der Waals surface area (Å²) in [6.45, 7) is -0.171. The average molecular weight is 328 g/mol. The van der Waals surface area contributed by atoms with Crippen molar-refractivity contribution in [3.8, 4) is 11.6 Å². The van der Waals surface area contributed by atoms with E-state index in [4.69, 9.17) is 4.42 Å². The molecule has 0 bridgehead atoms. The molecule has 0 radical (unpaired) electrons. The third-order valence-corrected chi connectivity index (χ3v) is 3.03. The Hall–Kier alpha value is -3.69. The molecule has 0 aliphatic rings. The summed E-state index contributed by atoms with van der Waals surface area (Å²) in [5.41, 5.74) is 0.146. The van der Waals surface area contributed by atoms with Gasteiger partial charge in [-0.3, -0.25) is 25.3 Å². The predicted molar refractivity (Wildman–Crippen MR) is 84.3 cm³/mol. The highest BCUT2D eigenvalue weighted by Gasteiger charge is 2.14. The maximum Gasteiger partial charge on any atom is 0.292 e. The molecule has 122 valence electrons. The van der Waals surface area contributed by atoms with E-state index >= 15 is 0 Å². The number of hydrogen-bond acceptors (Lipinski definition) is 7. The summed E-state index contributed by atoms with van der Waals surface area (Å²) in [5, 5.41) is 22.6. The topological polar surface area (TPSA) is 139 Å². The number of H-pyrrole nitrogens is 1. The molecule has 0 saturated heterocycles. The van der Waals surface area contributed by atoms with Gasteiger partial charge in [0, 0.05) is 6.07 Å². The van der Waals surface area contributed by atoms with Crippen LogP contribution in [0.3, 0.4) is 0 Å². The largest absolute Gasteiger partial charge is 0.461 e. The molecule has 0 aliphatic heterocycles. The quantitative estimate of drug-likeness (QED) is 0.464. The number of rotatable bonds is 6. The number of benzene rings is 1. The Morgan fingerprint density at radius 1 is 1.29 bits per heavy atom. The van der Waals surface area contributed by atoms with Gasteiger partial charge in [0.1, 0.15) is 5.69 Å². The fraction of sp³-hybridized carbons (Fsp3) is 0.0714. The first-order chi connectivity index (χ1) is 11.6. The molecule has 2 aromatic heterocycles. The van der Waals surface area contributed by atoms with Crippen LogP contribution in [-0.4, -0.2) is 32.6 Å². The Balaban J connectivity index is 1.60. The molecule has 1 amide bonds. The van der Waals surface area contributed by atoms with Gasteiger partial charge in [0.15, 0.2) is 11.6 Å². The van der Waals surface area contributed by atoms with Crippen LogP contribution in [0.1, 0.15) is 0 Å². The van der Waals surface area contributed by atoms with Crippen molar-refractivity contribution in [3.63, 3.8) is 0 Å². The van der Waals surface area contributed by atoms with Gasteiger partial charge >= 0.3 is 0 Å². The van der Waals surface area contributed by atoms with Crippen LogP contribution in [0.2, 0.25) is 0 Å². The van der Waals surface area contributed by atoms with Gasteiger partial charge in [0.25, 0.3) is 5.69 Å². The average Bonchev–Trinajstić information content (AvgIpc) is 3.24. The number of nitro groups is 1. The van der Waals surface area contributed by atoms with Crippen molar-refractivity contribution in [2.45, 2.75) is 0 Å². The van der Waals surface area contributed by atoms with Gasteiger partial charge in [-0.15, -0.1) is 5.10 Å². The molecule has 10 nitrogen and oxygen atoms in total. The number of nitrogens with one attached hydrogen (secondary N) is 3. The van der Waals surface area contributed by atoms with Crippen LogP contribution in [0, 0.1) is 10.1 Å². The van der Waals surface area contributed by atoms with Crippen molar-refractivity contribution in [1.29, 1.82) is 0 Å². The van der Waals surface area contributed by atoms with Gasteiger partial charge in [-0.05, 0) is 18.2 Å². The molecule has 2 heterocycles. The van der Waals surface area contributed by atoms with Crippen LogP contribution in [0.4, 0.5) is 17.3 Å². The van der Waals surface area contributed by atoms with Gasteiger partial charge in [0.05, 0.1) is 17.7 Å². The molecular formula is C14H12N6O4. The lowest BCUT2D eigenvalue weighted by atomic mass is 10.2. The van der Waals surface area contributed by atoms with Gasteiger partial charge in [0.2, 0.25) is 11.9 Å². The molecule has 0 saturated carbocycles. The smallest absolute Gasteiger partial charge is 0.292 e. The van der Waals surface area contributed by atoms with Gasteiger partial charge in [-0.1, -0.05) is 12.1 Å². The van der Waals surface area contributed by atoms with Crippen LogP contribution in [0.15, 0.2) is 47.1 Å². The maximum atomic E-state index is 11.9. The zero-order valence-corrected chi connectivity index (χ0v) is 12.2. The third-order valence-electron chi connectivity index (χ3n) is 3.03. The summed E-state index contributed by atoms with van der Waals surface area (Å²) in [6, 6.07) is 9.46. The highest BCUT2D eigenvalue weighted by Crippen LogP contribution is 2.22. The molecule has 10 heteroatoms. The number of para-hydroxylation sites is 2. The molecule has 1 aromatic carbocycles. The number of hydrogen-bond donors (Lipinski definition) is 3. The second kappa shape index (κ2) is 6.60. The number of amides is 1. The molecule has 0 fully saturated rings. The highest BCUT2D eigenvalue weighted by molar-refractivity contribution is 5.92. The number of nitro benzene ring substituents is 1. The maximum absolute atomic E-state index is 11.9. The number of nitrogens with zero attached hydrogens (tertiary/aromatic N) is 3. The zero-order chi connectivity index (χ0) is 16.9. The van der Waals surface area contributed by atoms with Crippen molar-refractivity contribution in [3.05, 3.63) is 52.8 Å². The fourth-order valence-corrected chi connectivity index (χ4v) is 1.97. The van der Waals surface area contributed by atoms with E-state index in [1.807, 2.05) is 0 Å². The second-order valence-electron chi connectivity index (χ2n) is 4.66. The van der Waals surface area contributed by atoms with Crippen molar-refractivity contribution in [2.24, 2.45) is 0 Å². The second-order valence-corrected chi connectivity index (χ2v) is 4.66. The first kappa shape index (κ1) is 15.2. The van der Waals surface area contributed by atoms with E-state index in [-0.39, 0.29) is 23.9 Å². The molecule has 3 rings (SSSR count). The number of aromatic nitrogens is 3. The Morgan fingerprint density at radius 2 is 2.12 bits per heavy atom. The van der Waals surface area contributed by atoms with Crippen LogP contribution < -0.4 is 10.6 Å². The minimum Gasteiger partial charge on any atom is -0.461 e. The molecule has 0 unspecified atom stereocenters. The Kier molecular flexibility index (Phi) is 4.19. The first-order valence-corrected chi connectivity index (χ1v) is 6.87. The highest BCUT2D eigenvalue weighted by atomic mass is 16.6. The lowest BCUT2D eigenvalue weighted by Gasteiger charge is -2.06. The lowest BCUT2D eigenvalue weighted by molar-refractivity contribution is -0.383. The summed E-state index contributed by atoms with van der Waals surface area (Å²) in [7, 11) is 0. The van der Waals surface area contributed by atoms with Crippen LogP contribution in [0.25, 0.3) is 11.6 Å². The number of anilines is 2. The molecular weight excluding hydrogens is 316 g/mol. The van der Waals surface area contributed by atoms with Crippen molar-refractivity contribution >= 4 is 23.2 Å². The van der Waals surface area contributed by atoms with E-state index in [0.717, 1.165) is 0 Å². The normalized spacial score (nSPS) is 10.3. The minimum absolute atomic E-state index is 0.0794. The first-order valence-electron chi connectivity index (χ1n) is 6.87. The number of aromatic amines is 1. The van der Waals surface area contributed by atoms with Gasteiger partial charge in [-0.2, -0.15) is 4.98 Å². The van der Waals surface area contributed by atoms with Crippen molar-refractivity contribution in [2.75, 3.05) is 17.2 Å². The van der Waals surface area contributed by atoms with E-state index in [1.54, 1.807) is 24.3 Å². The summed E-state index contributed by atoms with van der Waals surface area (Å²) in [5.74, 6) is 0.497. The summed E-state index contributed by atoms with van der Waals surface area (Å²) >= 11 is 0. The van der Waals surface area contributed by atoms with E-state index in [2.05, 4.69) is 25.8 Å². The van der Waals surface area contributed by atoms with E-state index < -0.39 is 10.8 Å². The molecule has 3 N–H and O–H groups in total. The summed E-state index contributed by atoms with van der Waals surface area (Å²) < 4.78 is 5.16.